The molecule has 0 unspecified atom stereocenters. The van der Waals surface area contributed by atoms with Gasteiger partial charge in [-0.25, -0.2) is 4.98 Å². The number of aromatic nitrogens is 4. The summed E-state index contributed by atoms with van der Waals surface area (Å²) >= 11 is 5.05. The van der Waals surface area contributed by atoms with Crippen molar-refractivity contribution in [3.8, 4) is 5.88 Å². The predicted molar refractivity (Wildman–Crippen MR) is 50.2 cm³/mol. The quantitative estimate of drug-likeness (QED) is 0.692. The summed E-state index contributed by atoms with van der Waals surface area (Å²) in [5, 5.41) is 0. The van der Waals surface area contributed by atoms with Crippen LogP contribution in [0.4, 0.5) is 0 Å². The van der Waals surface area contributed by atoms with E-state index in [2.05, 4.69) is 15.0 Å². The normalized spacial score (nSPS) is 10.6. The number of rotatable bonds is 1. The van der Waals surface area contributed by atoms with Crippen molar-refractivity contribution in [1.82, 2.24) is 19.5 Å². The second-order valence-corrected chi connectivity index (χ2v) is 2.96. The molecule has 2 aromatic heterocycles. The molecule has 0 aliphatic heterocycles. The number of imidazole rings is 1. The van der Waals surface area contributed by atoms with Crippen LogP contribution in [0.5, 0.6) is 5.88 Å². The lowest BCUT2D eigenvalue weighted by molar-refractivity contribution is 0.401. The summed E-state index contributed by atoms with van der Waals surface area (Å²) in [6.45, 7) is 0. The first-order valence-electron chi connectivity index (χ1n) is 3.67. The second kappa shape index (κ2) is 2.81. The Morgan fingerprint density at radius 1 is 1.54 bits per heavy atom. The Balaban J connectivity index is 2.92. The van der Waals surface area contributed by atoms with Crippen molar-refractivity contribution < 1.29 is 4.74 Å². The molecular formula is C7H8N4OS. The van der Waals surface area contributed by atoms with Gasteiger partial charge in [0.25, 0.3) is 0 Å². The molecule has 0 aliphatic carbocycles. The van der Waals surface area contributed by atoms with Crippen molar-refractivity contribution in [1.29, 1.82) is 0 Å². The van der Waals surface area contributed by atoms with Gasteiger partial charge in [0.05, 0.1) is 7.11 Å². The van der Waals surface area contributed by atoms with Crippen LogP contribution in [0.25, 0.3) is 11.2 Å². The van der Waals surface area contributed by atoms with Crippen LogP contribution in [0.2, 0.25) is 0 Å². The van der Waals surface area contributed by atoms with E-state index in [1.165, 1.54) is 6.33 Å². The lowest BCUT2D eigenvalue weighted by Crippen LogP contribution is -1.92. The van der Waals surface area contributed by atoms with Gasteiger partial charge in [0.15, 0.2) is 10.4 Å². The molecule has 5 nitrogen and oxygen atoms in total. The third kappa shape index (κ3) is 1.10. The number of hydrogen-bond acceptors (Lipinski definition) is 4. The van der Waals surface area contributed by atoms with Crippen LogP contribution in [-0.2, 0) is 7.05 Å². The molecule has 2 aromatic rings. The summed E-state index contributed by atoms with van der Waals surface area (Å²) in [4.78, 5) is 11.0. The van der Waals surface area contributed by atoms with Gasteiger partial charge in [0.1, 0.15) is 11.8 Å². The molecule has 0 radical (unpaired) electrons. The molecule has 0 bridgehead atoms. The van der Waals surface area contributed by atoms with E-state index in [1.807, 2.05) is 7.05 Å². The lowest BCUT2D eigenvalue weighted by atomic mass is 10.5. The number of aromatic amines is 1. The third-order valence-electron chi connectivity index (χ3n) is 1.84. The van der Waals surface area contributed by atoms with E-state index in [0.29, 0.717) is 10.7 Å². The molecule has 0 fully saturated rings. The average Bonchev–Trinajstić information content (AvgIpc) is 2.43. The number of aryl methyl sites for hydroxylation is 1. The maximum absolute atomic E-state index is 5.05. The summed E-state index contributed by atoms with van der Waals surface area (Å²) in [6, 6.07) is 0. The van der Waals surface area contributed by atoms with Gasteiger partial charge in [-0.1, -0.05) is 0 Å². The van der Waals surface area contributed by atoms with E-state index in [9.17, 15) is 0 Å². The van der Waals surface area contributed by atoms with Crippen LogP contribution < -0.4 is 4.74 Å². The zero-order chi connectivity index (χ0) is 9.42. The van der Waals surface area contributed by atoms with Crippen LogP contribution in [0, 0.1) is 4.77 Å². The highest BCUT2D eigenvalue weighted by molar-refractivity contribution is 7.71. The summed E-state index contributed by atoms with van der Waals surface area (Å²) in [5.41, 5.74) is 1.48. The fourth-order valence-corrected chi connectivity index (χ4v) is 1.35. The van der Waals surface area contributed by atoms with Gasteiger partial charge in [0.2, 0.25) is 5.88 Å². The highest BCUT2D eigenvalue weighted by Gasteiger charge is 2.07. The molecule has 0 amide bonds. The van der Waals surface area contributed by atoms with Crippen LogP contribution in [0.3, 0.4) is 0 Å². The standard InChI is InChI=1S/C7H8N4OS/c1-11-5-4(10-7(11)13)6(12-2)9-3-8-5/h3H,1-2H3,(H,10,13). The van der Waals surface area contributed by atoms with Crippen molar-refractivity contribution in [3.63, 3.8) is 0 Å². The predicted octanol–water partition coefficient (Wildman–Crippen LogP) is 1.03. The molecule has 0 aliphatic rings. The minimum atomic E-state index is 0.511. The molecule has 13 heavy (non-hydrogen) atoms. The molecule has 0 spiro atoms. The van der Waals surface area contributed by atoms with Crippen LogP contribution in [0.1, 0.15) is 0 Å². The average molecular weight is 196 g/mol. The van der Waals surface area contributed by atoms with Gasteiger partial charge < -0.3 is 14.3 Å². The van der Waals surface area contributed by atoms with Crippen molar-refractivity contribution in [2.45, 2.75) is 0 Å². The molecule has 0 saturated carbocycles. The van der Waals surface area contributed by atoms with Crippen LogP contribution in [0.15, 0.2) is 6.33 Å². The van der Waals surface area contributed by atoms with Crippen molar-refractivity contribution >= 4 is 23.4 Å². The number of H-pyrrole nitrogens is 1. The molecule has 6 heteroatoms. The fourth-order valence-electron chi connectivity index (χ4n) is 1.17. The molecule has 0 aromatic carbocycles. The molecule has 1 N–H and O–H groups in total. The molecule has 68 valence electrons. The molecular weight excluding hydrogens is 188 g/mol. The minimum absolute atomic E-state index is 0.511. The van der Waals surface area contributed by atoms with Crippen molar-refractivity contribution in [2.75, 3.05) is 7.11 Å². The molecule has 0 atom stereocenters. The minimum Gasteiger partial charge on any atom is -0.479 e. The third-order valence-corrected chi connectivity index (χ3v) is 2.22. The first-order valence-corrected chi connectivity index (χ1v) is 4.08. The molecule has 2 rings (SSSR count). The van der Waals surface area contributed by atoms with Gasteiger partial charge in [-0.05, 0) is 12.2 Å². The van der Waals surface area contributed by atoms with Crippen molar-refractivity contribution in [3.05, 3.63) is 11.1 Å². The number of fused-ring (bicyclic) bond motifs is 1. The molecule has 2 heterocycles. The summed E-state index contributed by atoms with van der Waals surface area (Å²) in [6.07, 6.45) is 1.45. The summed E-state index contributed by atoms with van der Waals surface area (Å²) in [7, 11) is 3.40. The number of nitrogens with one attached hydrogen (secondary N) is 1. The zero-order valence-electron chi connectivity index (χ0n) is 7.24. The lowest BCUT2D eigenvalue weighted by Gasteiger charge is -1.97. The Morgan fingerprint density at radius 2 is 2.31 bits per heavy atom. The van der Waals surface area contributed by atoms with Crippen LogP contribution in [-0.4, -0.2) is 26.6 Å². The highest BCUT2D eigenvalue weighted by Crippen LogP contribution is 2.18. The van der Waals surface area contributed by atoms with Crippen LogP contribution >= 0.6 is 12.2 Å². The number of methoxy groups -OCH3 is 1. The summed E-state index contributed by atoms with van der Waals surface area (Å²) in [5.74, 6) is 0.511. The Labute approximate surface area is 79.4 Å². The van der Waals surface area contributed by atoms with Gasteiger partial charge in [-0.15, -0.1) is 0 Å². The van der Waals surface area contributed by atoms with Gasteiger partial charge in [-0.3, -0.25) is 0 Å². The van der Waals surface area contributed by atoms with E-state index in [4.69, 9.17) is 17.0 Å². The Bertz CT molecular complexity index is 501. The SMILES string of the molecule is COc1ncnc2c1[nH]c(=S)n2C. The van der Waals surface area contributed by atoms with Crippen molar-refractivity contribution in [2.24, 2.45) is 7.05 Å². The largest absolute Gasteiger partial charge is 0.479 e. The Hall–Kier alpha value is -1.43. The van der Waals surface area contributed by atoms with E-state index < -0.39 is 0 Å². The summed E-state index contributed by atoms with van der Waals surface area (Å²) < 4.78 is 7.43. The Kier molecular flexibility index (Phi) is 1.77. The number of ether oxygens (including phenoxy) is 1. The topological polar surface area (TPSA) is 55.7 Å². The fraction of sp³-hybridized carbons (Fsp3) is 0.286. The monoisotopic (exact) mass is 196 g/mol. The van der Waals surface area contributed by atoms with Gasteiger partial charge in [0, 0.05) is 7.05 Å². The Morgan fingerprint density at radius 3 is 3.00 bits per heavy atom. The first kappa shape index (κ1) is 8.18. The maximum atomic E-state index is 5.05. The van der Waals surface area contributed by atoms with Gasteiger partial charge in [-0.2, -0.15) is 4.98 Å². The van der Waals surface area contributed by atoms with Gasteiger partial charge >= 0.3 is 0 Å². The number of nitrogens with zero attached hydrogens (tertiary/aromatic N) is 3. The van der Waals surface area contributed by atoms with E-state index in [0.717, 1.165) is 11.2 Å². The maximum Gasteiger partial charge on any atom is 0.242 e. The number of hydrogen-bond donors (Lipinski definition) is 1. The van der Waals surface area contributed by atoms with E-state index >= 15 is 0 Å². The zero-order valence-corrected chi connectivity index (χ0v) is 8.05. The van der Waals surface area contributed by atoms with E-state index in [-0.39, 0.29) is 0 Å². The highest BCUT2D eigenvalue weighted by atomic mass is 32.1. The smallest absolute Gasteiger partial charge is 0.242 e. The molecule has 0 saturated heterocycles. The van der Waals surface area contributed by atoms with E-state index in [1.54, 1.807) is 11.7 Å². The first-order chi connectivity index (χ1) is 6.24. The second-order valence-electron chi connectivity index (χ2n) is 2.57.